The van der Waals surface area contributed by atoms with Crippen molar-refractivity contribution in [1.82, 2.24) is 5.32 Å². The zero-order valence-corrected chi connectivity index (χ0v) is 8.47. The third-order valence-corrected chi connectivity index (χ3v) is 2.05. The van der Waals surface area contributed by atoms with Gasteiger partial charge in [0.2, 0.25) is 0 Å². The fourth-order valence-corrected chi connectivity index (χ4v) is 1.33. The number of benzene rings is 1. The first kappa shape index (κ1) is 10.4. The van der Waals surface area contributed by atoms with Crippen molar-refractivity contribution in [1.29, 1.82) is 0 Å². The van der Waals surface area contributed by atoms with E-state index in [4.69, 9.17) is 16.3 Å². The lowest BCUT2D eigenvalue weighted by molar-refractivity contribution is 0.409. The van der Waals surface area contributed by atoms with Crippen LogP contribution in [0.25, 0.3) is 0 Å². The summed E-state index contributed by atoms with van der Waals surface area (Å²) in [5, 5.41) is 3.06. The molecule has 0 radical (unpaired) electrons. The molecule has 1 rings (SSSR count). The fourth-order valence-electron chi connectivity index (χ4n) is 1.20. The highest BCUT2D eigenvalue weighted by atomic mass is 35.5. The Morgan fingerprint density at radius 3 is 2.85 bits per heavy atom. The Labute approximate surface area is 83.9 Å². The second-order valence-electron chi connectivity index (χ2n) is 2.70. The summed E-state index contributed by atoms with van der Waals surface area (Å²) >= 11 is 5.50. The van der Waals surface area contributed by atoms with E-state index in [-0.39, 0.29) is 0 Å². The smallest absolute Gasteiger partial charge is 0.122 e. The largest absolute Gasteiger partial charge is 0.496 e. The van der Waals surface area contributed by atoms with E-state index in [1.807, 2.05) is 18.2 Å². The molecule has 0 aromatic heterocycles. The fraction of sp³-hybridized carbons (Fsp3) is 0.400. The second kappa shape index (κ2) is 5.84. The topological polar surface area (TPSA) is 21.3 Å². The van der Waals surface area contributed by atoms with Crippen molar-refractivity contribution in [2.24, 2.45) is 0 Å². The molecule has 0 saturated carbocycles. The summed E-state index contributed by atoms with van der Waals surface area (Å²) in [5.41, 5.74) is 1.21. The van der Waals surface area contributed by atoms with Gasteiger partial charge in [0.1, 0.15) is 5.75 Å². The number of ether oxygens (including phenoxy) is 1. The quantitative estimate of drug-likeness (QED) is 0.445. The summed E-state index contributed by atoms with van der Waals surface area (Å²) < 4.78 is 5.22. The minimum atomic E-state index is 0.495. The van der Waals surface area contributed by atoms with Gasteiger partial charge in [0.15, 0.2) is 0 Å². The zero-order chi connectivity index (χ0) is 9.52. The maximum absolute atomic E-state index is 5.50. The molecule has 1 N–H and O–H groups in total. The van der Waals surface area contributed by atoms with Crippen LogP contribution in [0.15, 0.2) is 24.3 Å². The van der Waals surface area contributed by atoms with Gasteiger partial charge in [0.05, 0.1) is 13.1 Å². The Hall–Kier alpha value is -0.730. The van der Waals surface area contributed by atoms with Gasteiger partial charge in [0, 0.05) is 6.54 Å². The third-order valence-electron chi connectivity index (χ3n) is 1.86. The average molecular weight is 200 g/mol. The average Bonchev–Trinajstić information content (AvgIpc) is 2.19. The van der Waals surface area contributed by atoms with Gasteiger partial charge < -0.3 is 10.1 Å². The molecule has 1 aromatic carbocycles. The minimum Gasteiger partial charge on any atom is -0.496 e. The van der Waals surface area contributed by atoms with Crippen LogP contribution < -0.4 is 10.1 Å². The Morgan fingerprint density at radius 1 is 1.38 bits per heavy atom. The summed E-state index contributed by atoms with van der Waals surface area (Å²) in [5.74, 6) is 0.943. The first-order valence-electron chi connectivity index (χ1n) is 4.27. The van der Waals surface area contributed by atoms with E-state index in [9.17, 15) is 0 Å². The molecular weight excluding hydrogens is 186 g/mol. The maximum atomic E-state index is 5.50. The summed E-state index contributed by atoms with van der Waals surface area (Å²) in [6.07, 6.45) is 0.941. The van der Waals surface area contributed by atoms with E-state index in [0.717, 1.165) is 18.7 Å². The van der Waals surface area contributed by atoms with Crippen molar-refractivity contribution in [3.63, 3.8) is 0 Å². The highest BCUT2D eigenvalue weighted by Crippen LogP contribution is 2.16. The number of methoxy groups -OCH3 is 1. The summed E-state index contributed by atoms with van der Waals surface area (Å²) in [6, 6.07) is 8.51. The zero-order valence-electron chi connectivity index (χ0n) is 7.72. The highest BCUT2D eigenvalue weighted by molar-refractivity contribution is 6.17. The van der Waals surface area contributed by atoms with Gasteiger partial charge in [-0.3, -0.25) is 0 Å². The number of hydrogen-bond donors (Lipinski definition) is 1. The molecule has 13 heavy (non-hydrogen) atoms. The standard InChI is InChI=1S/C10H14ClNO/c1-13-10-5-3-2-4-9(10)6-7-12-8-11/h2-5,12H,6-8H2,1H3. The van der Waals surface area contributed by atoms with Gasteiger partial charge in [0.25, 0.3) is 0 Å². The molecule has 0 aliphatic carbocycles. The SMILES string of the molecule is COc1ccccc1CCNCCl. The summed E-state index contributed by atoms with van der Waals surface area (Å²) in [7, 11) is 1.69. The van der Waals surface area contributed by atoms with Gasteiger partial charge in [-0.1, -0.05) is 18.2 Å². The molecular formula is C10H14ClNO. The van der Waals surface area contributed by atoms with Crippen molar-refractivity contribution in [2.75, 3.05) is 19.7 Å². The number of halogens is 1. The van der Waals surface area contributed by atoms with Crippen molar-refractivity contribution in [3.05, 3.63) is 29.8 Å². The predicted molar refractivity (Wildman–Crippen MR) is 55.4 cm³/mol. The highest BCUT2D eigenvalue weighted by Gasteiger charge is 1.99. The molecule has 0 amide bonds. The predicted octanol–water partition coefficient (Wildman–Crippen LogP) is 2.02. The molecule has 0 spiro atoms. The number of rotatable bonds is 5. The molecule has 0 bridgehead atoms. The van der Waals surface area contributed by atoms with E-state index < -0.39 is 0 Å². The van der Waals surface area contributed by atoms with E-state index in [0.29, 0.717) is 6.00 Å². The van der Waals surface area contributed by atoms with Crippen molar-refractivity contribution >= 4 is 11.6 Å². The Kier molecular flexibility index (Phi) is 4.65. The molecule has 0 saturated heterocycles. The molecule has 0 fully saturated rings. The molecule has 0 heterocycles. The van der Waals surface area contributed by atoms with E-state index in [1.54, 1.807) is 7.11 Å². The lowest BCUT2D eigenvalue weighted by atomic mass is 10.1. The van der Waals surface area contributed by atoms with Crippen LogP contribution in [0, 0.1) is 0 Å². The van der Waals surface area contributed by atoms with Crippen LogP contribution in [0.3, 0.4) is 0 Å². The van der Waals surface area contributed by atoms with Gasteiger partial charge in [-0.2, -0.15) is 0 Å². The van der Waals surface area contributed by atoms with Crippen LogP contribution in [0.2, 0.25) is 0 Å². The molecule has 0 unspecified atom stereocenters. The third kappa shape index (κ3) is 3.25. The van der Waals surface area contributed by atoms with E-state index >= 15 is 0 Å². The molecule has 0 aliphatic rings. The molecule has 3 heteroatoms. The maximum Gasteiger partial charge on any atom is 0.122 e. The number of hydrogen-bond acceptors (Lipinski definition) is 2. The molecule has 2 nitrogen and oxygen atoms in total. The van der Waals surface area contributed by atoms with Crippen molar-refractivity contribution in [3.8, 4) is 5.75 Å². The molecule has 1 aromatic rings. The monoisotopic (exact) mass is 199 g/mol. The minimum absolute atomic E-state index is 0.495. The molecule has 72 valence electrons. The second-order valence-corrected chi connectivity index (χ2v) is 2.96. The lowest BCUT2D eigenvalue weighted by Crippen LogP contribution is -2.15. The Balaban J connectivity index is 2.54. The Bertz CT molecular complexity index is 252. The number of nitrogens with one attached hydrogen (secondary N) is 1. The molecule has 0 aliphatic heterocycles. The molecule has 0 atom stereocenters. The van der Waals surface area contributed by atoms with Crippen LogP contribution in [0.4, 0.5) is 0 Å². The van der Waals surface area contributed by atoms with Gasteiger partial charge in [-0.05, 0) is 18.1 Å². The first-order chi connectivity index (χ1) is 6.38. The number of para-hydroxylation sites is 1. The lowest BCUT2D eigenvalue weighted by Gasteiger charge is -2.07. The van der Waals surface area contributed by atoms with Gasteiger partial charge in [-0.25, -0.2) is 0 Å². The van der Waals surface area contributed by atoms with Crippen LogP contribution in [-0.4, -0.2) is 19.7 Å². The Morgan fingerprint density at radius 2 is 2.15 bits per heavy atom. The van der Waals surface area contributed by atoms with Gasteiger partial charge in [-0.15, -0.1) is 11.6 Å². The van der Waals surface area contributed by atoms with Crippen molar-refractivity contribution < 1.29 is 4.74 Å². The van der Waals surface area contributed by atoms with Crippen LogP contribution in [0.5, 0.6) is 5.75 Å². The van der Waals surface area contributed by atoms with Gasteiger partial charge >= 0.3 is 0 Å². The summed E-state index contributed by atoms with van der Waals surface area (Å²) in [6.45, 7) is 0.879. The van der Waals surface area contributed by atoms with Crippen LogP contribution in [-0.2, 0) is 6.42 Å². The van der Waals surface area contributed by atoms with E-state index in [1.165, 1.54) is 5.56 Å². The first-order valence-corrected chi connectivity index (χ1v) is 4.80. The normalized spacial score (nSPS) is 10.0. The van der Waals surface area contributed by atoms with Crippen LogP contribution in [0.1, 0.15) is 5.56 Å². The van der Waals surface area contributed by atoms with Crippen molar-refractivity contribution in [2.45, 2.75) is 6.42 Å². The summed E-state index contributed by atoms with van der Waals surface area (Å²) in [4.78, 5) is 0. The number of alkyl halides is 1. The van der Waals surface area contributed by atoms with Crippen LogP contribution >= 0.6 is 11.6 Å². The van der Waals surface area contributed by atoms with E-state index in [2.05, 4.69) is 11.4 Å².